The summed E-state index contributed by atoms with van der Waals surface area (Å²) in [6, 6.07) is 5.14. The molecule has 0 radical (unpaired) electrons. The first-order chi connectivity index (χ1) is 20.2. The van der Waals surface area contributed by atoms with E-state index in [0.29, 0.717) is 17.9 Å². The molecule has 3 heterocycles. The maximum absolute atomic E-state index is 12.7. The zero-order valence-electron chi connectivity index (χ0n) is 22.8. The van der Waals surface area contributed by atoms with Crippen LogP contribution in [0.2, 0.25) is 0 Å². The van der Waals surface area contributed by atoms with Crippen LogP contribution in [0.5, 0.6) is 0 Å². The van der Waals surface area contributed by atoms with E-state index in [1.54, 1.807) is 23.9 Å². The smallest absolute Gasteiger partial charge is 0.326 e. The first-order valence-corrected chi connectivity index (χ1v) is 13.2. The highest BCUT2D eigenvalue weighted by Gasteiger charge is 2.21. The van der Waals surface area contributed by atoms with Gasteiger partial charge >= 0.3 is 5.97 Å². The van der Waals surface area contributed by atoms with E-state index in [1.807, 2.05) is 6.20 Å². The highest BCUT2D eigenvalue weighted by Crippen LogP contribution is 2.12. The first kappa shape index (κ1) is 29.6. The summed E-state index contributed by atoms with van der Waals surface area (Å²) in [6.07, 6.45) is 5.54. The molecule has 1 aromatic carbocycles. The van der Waals surface area contributed by atoms with Crippen molar-refractivity contribution < 1.29 is 19.5 Å². The maximum atomic E-state index is 12.7. The van der Waals surface area contributed by atoms with Crippen LogP contribution in [0.15, 0.2) is 41.5 Å². The van der Waals surface area contributed by atoms with E-state index in [-0.39, 0.29) is 48.0 Å². The van der Waals surface area contributed by atoms with E-state index in [4.69, 9.17) is 5.73 Å². The number of nitrogens with one attached hydrogen (secondary N) is 4. The van der Waals surface area contributed by atoms with Crippen molar-refractivity contribution in [3.63, 3.8) is 0 Å². The fourth-order valence-electron chi connectivity index (χ4n) is 4.02. The number of nitrogens with zero attached hydrogens (tertiary/aromatic N) is 6. The van der Waals surface area contributed by atoms with Crippen molar-refractivity contribution in [3.05, 3.63) is 64.0 Å². The molecule has 0 saturated carbocycles. The van der Waals surface area contributed by atoms with Crippen molar-refractivity contribution in [2.75, 3.05) is 17.6 Å². The van der Waals surface area contributed by atoms with Gasteiger partial charge in [0.1, 0.15) is 6.04 Å². The van der Waals surface area contributed by atoms with E-state index in [0.717, 1.165) is 25.0 Å². The van der Waals surface area contributed by atoms with Crippen LogP contribution in [0.25, 0.3) is 11.2 Å². The van der Waals surface area contributed by atoms with Gasteiger partial charge in [-0.15, -0.1) is 5.10 Å². The number of aliphatic carboxylic acids is 1. The lowest BCUT2D eigenvalue weighted by molar-refractivity contribution is -0.139. The van der Waals surface area contributed by atoms with Crippen LogP contribution in [0.4, 0.5) is 11.6 Å². The minimum absolute atomic E-state index is 0.0444. The van der Waals surface area contributed by atoms with E-state index in [1.165, 1.54) is 18.3 Å². The summed E-state index contributed by atoms with van der Waals surface area (Å²) in [5, 5.41) is 25.8. The first-order valence-electron chi connectivity index (χ1n) is 13.2. The summed E-state index contributed by atoms with van der Waals surface area (Å²) in [4.78, 5) is 63.2. The fourth-order valence-corrected chi connectivity index (χ4v) is 4.02. The SMILES string of the molecule is Cn1cc(CCCCNC(=O)CC[C@H](NC(=O)c2ccc(NCc3cnc4nc(N)[nH]c(=O)c4n3)cc2)C(=O)O)nn1. The molecule has 220 valence electrons. The Kier molecular flexibility index (Phi) is 9.70. The van der Waals surface area contributed by atoms with Crippen LogP contribution in [0, 0.1) is 0 Å². The second-order valence-electron chi connectivity index (χ2n) is 9.51. The lowest BCUT2D eigenvalue weighted by Gasteiger charge is -2.15. The fraction of sp³-hybridized carbons (Fsp3) is 0.346. The number of carbonyl (C=O) groups excluding carboxylic acids is 2. The summed E-state index contributed by atoms with van der Waals surface area (Å²) in [7, 11) is 1.80. The molecule has 4 aromatic rings. The summed E-state index contributed by atoms with van der Waals surface area (Å²) in [5.74, 6) is -2.14. The van der Waals surface area contributed by atoms with E-state index < -0.39 is 23.5 Å². The molecule has 3 aromatic heterocycles. The third-order valence-electron chi connectivity index (χ3n) is 6.20. The Morgan fingerprint density at radius 1 is 1.12 bits per heavy atom. The van der Waals surface area contributed by atoms with E-state index >= 15 is 0 Å². The molecule has 16 nitrogen and oxygen atoms in total. The monoisotopic (exact) mass is 577 g/mol. The molecule has 42 heavy (non-hydrogen) atoms. The van der Waals surface area contributed by atoms with Crippen LogP contribution < -0.4 is 27.2 Å². The van der Waals surface area contributed by atoms with Crippen molar-refractivity contribution in [2.45, 2.75) is 44.7 Å². The summed E-state index contributed by atoms with van der Waals surface area (Å²) in [6.45, 7) is 0.699. The lowest BCUT2D eigenvalue weighted by atomic mass is 10.1. The number of amides is 2. The Labute approximate surface area is 239 Å². The number of carbonyl (C=O) groups is 3. The molecule has 0 aliphatic carbocycles. The average molecular weight is 578 g/mol. The highest BCUT2D eigenvalue weighted by molar-refractivity contribution is 5.97. The van der Waals surface area contributed by atoms with Gasteiger partial charge in [-0.25, -0.2) is 14.8 Å². The number of H-pyrrole nitrogens is 1. The van der Waals surface area contributed by atoms with Gasteiger partial charge in [-0.3, -0.25) is 24.0 Å². The molecule has 16 heteroatoms. The number of benzene rings is 1. The van der Waals surface area contributed by atoms with Crippen molar-refractivity contribution in [2.24, 2.45) is 7.05 Å². The predicted octanol–water partition coefficient (Wildman–Crippen LogP) is 0.138. The number of carboxylic acids is 1. The molecular formula is C26H31N11O5. The molecule has 0 aliphatic rings. The number of aryl methyl sites for hydroxylation is 2. The van der Waals surface area contributed by atoms with Gasteiger partial charge in [-0.1, -0.05) is 5.21 Å². The largest absolute Gasteiger partial charge is 0.480 e. The number of rotatable bonds is 14. The molecule has 0 aliphatic heterocycles. The van der Waals surface area contributed by atoms with Gasteiger partial charge in [0.15, 0.2) is 11.2 Å². The Morgan fingerprint density at radius 2 is 1.90 bits per heavy atom. The number of hydrogen-bond acceptors (Lipinski definition) is 11. The molecule has 2 amide bonds. The number of unbranched alkanes of at least 4 members (excludes halogenated alkanes) is 1. The van der Waals surface area contributed by atoms with Gasteiger partial charge in [0.2, 0.25) is 11.9 Å². The zero-order chi connectivity index (χ0) is 30.1. The Morgan fingerprint density at radius 3 is 2.62 bits per heavy atom. The predicted molar refractivity (Wildman–Crippen MR) is 151 cm³/mol. The van der Waals surface area contributed by atoms with E-state index in [9.17, 15) is 24.3 Å². The molecule has 0 unspecified atom stereocenters. The number of hydrogen-bond donors (Lipinski definition) is 6. The topological polar surface area (TPSA) is 236 Å². The highest BCUT2D eigenvalue weighted by atomic mass is 16.4. The Hall–Kier alpha value is -5.41. The van der Waals surface area contributed by atoms with Crippen molar-refractivity contribution >= 4 is 40.6 Å². The third kappa shape index (κ3) is 8.30. The summed E-state index contributed by atoms with van der Waals surface area (Å²) in [5.41, 5.74) is 7.50. The van der Waals surface area contributed by atoms with Crippen molar-refractivity contribution in [3.8, 4) is 0 Å². The lowest BCUT2D eigenvalue weighted by Crippen LogP contribution is -2.41. The molecule has 1 atom stereocenters. The number of nitrogen functional groups attached to an aromatic ring is 1. The number of carboxylic acid groups (broad SMARTS) is 1. The van der Waals surface area contributed by atoms with Gasteiger partial charge in [0.25, 0.3) is 11.5 Å². The number of nitrogens with two attached hydrogens (primary N) is 1. The average Bonchev–Trinajstić information content (AvgIpc) is 3.38. The summed E-state index contributed by atoms with van der Waals surface area (Å²) >= 11 is 0. The number of aromatic amines is 1. The van der Waals surface area contributed by atoms with Gasteiger partial charge in [0, 0.05) is 37.5 Å². The van der Waals surface area contributed by atoms with Crippen LogP contribution >= 0.6 is 0 Å². The van der Waals surface area contributed by atoms with Gasteiger partial charge in [0.05, 0.1) is 24.1 Å². The van der Waals surface area contributed by atoms with Gasteiger partial charge in [-0.05, 0) is 49.9 Å². The molecule has 0 bridgehead atoms. The zero-order valence-corrected chi connectivity index (χ0v) is 22.8. The molecule has 7 N–H and O–H groups in total. The standard InChI is InChI=1S/C26H31N11O5/c1-37-14-17(35-36-37)4-2-3-11-28-20(38)10-9-19(25(41)42)32-23(39)15-5-7-16(8-6-15)29-12-18-13-30-22-21(31-18)24(40)34-26(27)33-22/h5-8,13-14,19,29H,2-4,9-12H2,1H3,(H,28,38)(H,32,39)(H,41,42)(H3,27,30,33,34,40)/t19-/m0/s1. The van der Waals surface area contributed by atoms with Crippen LogP contribution in [-0.4, -0.2) is 70.4 Å². The van der Waals surface area contributed by atoms with Crippen LogP contribution in [0.1, 0.15) is 47.4 Å². The Balaban J connectivity index is 1.20. The van der Waals surface area contributed by atoms with Crippen molar-refractivity contribution in [1.29, 1.82) is 0 Å². The third-order valence-corrected chi connectivity index (χ3v) is 6.20. The molecular weight excluding hydrogens is 546 g/mol. The van der Waals surface area contributed by atoms with E-state index in [2.05, 4.69) is 46.2 Å². The number of fused-ring (bicyclic) bond motifs is 1. The van der Waals surface area contributed by atoms with Crippen molar-refractivity contribution in [1.82, 2.24) is 45.6 Å². The number of anilines is 2. The molecule has 0 spiro atoms. The maximum Gasteiger partial charge on any atom is 0.326 e. The molecule has 0 fully saturated rings. The normalized spacial score (nSPS) is 11.6. The minimum atomic E-state index is -1.23. The van der Waals surface area contributed by atoms with Gasteiger partial charge < -0.3 is 26.8 Å². The second kappa shape index (κ2) is 13.8. The molecule has 0 saturated heterocycles. The van der Waals surface area contributed by atoms with Gasteiger partial charge in [-0.2, -0.15) is 4.98 Å². The molecule has 4 rings (SSSR count). The minimum Gasteiger partial charge on any atom is -0.480 e. The van der Waals surface area contributed by atoms with Crippen LogP contribution in [0.3, 0.4) is 0 Å². The Bertz CT molecular complexity index is 1620. The number of aromatic nitrogens is 7. The quantitative estimate of drug-likeness (QED) is 0.110. The second-order valence-corrected chi connectivity index (χ2v) is 9.51. The van der Waals surface area contributed by atoms with Crippen LogP contribution in [-0.2, 0) is 29.6 Å². The summed E-state index contributed by atoms with van der Waals surface area (Å²) < 4.78 is 1.63.